The molecule has 152 valence electrons. The molecule has 0 amide bonds. The topological polar surface area (TPSA) is 40.5 Å². The number of hydrogen-bond acceptors (Lipinski definition) is 2. The zero-order valence-electron chi connectivity index (χ0n) is 19.0. The zero-order chi connectivity index (χ0) is 21.1. The van der Waals surface area contributed by atoms with Crippen LogP contribution in [0.2, 0.25) is 0 Å². The van der Waals surface area contributed by atoms with Crippen LogP contribution in [0.5, 0.6) is 0 Å². The molecule has 1 aromatic rings. The Kier molecular flexibility index (Phi) is 10.2. The third kappa shape index (κ3) is 10.7. The second kappa shape index (κ2) is 12.1. The van der Waals surface area contributed by atoms with Gasteiger partial charge in [0, 0.05) is 48.1 Å². The molecule has 4 rings (SSSR count). The van der Waals surface area contributed by atoms with Crippen LogP contribution in [0.1, 0.15) is 72.2 Å². The van der Waals surface area contributed by atoms with Crippen LogP contribution in [0.25, 0.3) is 0 Å². The zero-order valence-corrected chi connectivity index (χ0v) is 19.0. The third-order valence-corrected chi connectivity index (χ3v) is 4.27. The van der Waals surface area contributed by atoms with E-state index in [-0.39, 0.29) is 0 Å². The molecule has 3 nitrogen and oxygen atoms in total. The second-order valence-corrected chi connectivity index (χ2v) is 8.06. The summed E-state index contributed by atoms with van der Waals surface area (Å²) in [6, 6.07) is 4.13. The molecule has 0 atom stereocenters. The van der Waals surface area contributed by atoms with E-state index in [2.05, 4.69) is 66.9 Å². The molecule has 3 heteroatoms. The molecule has 0 spiro atoms. The lowest BCUT2D eigenvalue weighted by Crippen LogP contribution is -1.82. The number of aliphatic imine (C=N–C) groups is 2. The first kappa shape index (κ1) is 23.6. The van der Waals surface area contributed by atoms with Gasteiger partial charge in [-0.2, -0.15) is 0 Å². The number of nitrogens with one attached hydrogen (secondary N) is 1. The van der Waals surface area contributed by atoms with Crippen molar-refractivity contribution in [2.75, 3.05) is 0 Å². The Morgan fingerprint density at radius 1 is 0.571 bits per heavy atom. The number of nitrogens with zero attached hydrogens (tertiary/aromatic N) is 2. The summed E-state index contributed by atoms with van der Waals surface area (Å²) in [5, 5.41) is 0. The quantitative estimate of drug-likeness (QED) is 0.487. The first-order valence-electron chi connectivity index (χ1n) is 9.98. The van der Waals surface area contributed by atoms with E-state index in [1.165, 1.54) is 51.5 Å². The summed E-state index contributed by atoms with van der Waals surface area (Å²) < 4.78 is 0. The standard InChI is InChI=1S/C7H10.3C6H9N/c1-6-3-4-7(2)5-6;2*1-5-3-6(2)7-4-5;1-5-3-4-6(2)7-5/h3-4H,5H2,1-2H3;2*4H,3H2,1-2H3;3-4,7H,1-2H3. The summed E-state index contributed by atoms with van der Waals surface area (Å²) in [6.45, 7) is 16.7. The number of hydrogen-bond donors (Lipinski definition) is 1. The fraction of sp³-hybridized carbons (Fsp3) is 0.440. The molecule has 0 fully saturated rings. The number of allylic oxidation sites excluding steroid dienone is 6. The lowest BCUT2D eigenvalue weighted by Gasteiger charge is -1.87. The molecule has 0 saturated carbocycles. The average molecular weight is 380 g/mol. The van der Waals surface area contributed by atoms with Gasteiger partial charge >= 0.3 is 0 Å². The van der Waals surface area contributed by atoms with Gasteiger partial charge < -0.3 is 4.98 Å². The molecule has 28 heavy (non-hydrogen) atoms. The van der Waals surface area contributed by atoms with Crippen LogP contribution in [-0.4, -0.2) is 16.4 Å². The summed E-state index contributed by atoms with van der Waals surface area (Å²) in [4.78, 5) is 11.3. The maximum absolute atomic E-state index is 4.07. The van der Waals surface area contributed by atoms with E-state index in [0.29, 0.717) is 0 Å². The minimum atomic E-state index is 1.08. The molecule has 0 bridgehead atoms. The Labute approximate surface area is 171 Å². The Balaban J connectivity index is 0.000000187. The van der Waals surface area contributed by atoms with Crippen molar-refractivity contribution in [3.8, 4) is 0 Å². The van der Waals surface area contributed by atoms with Crippen molar-refractivity contribution in [2.45, 2.75) is 74.7 Å². The maximum Gasteiger partial charge on any atom is 0.0260 e. The van der Waals surface area contributed by atoms with Crippen LogP contribution in [-0.2, 0) is 0 Å². The van der Waals surface area contributed by atoms with Gasteiger partial charge in [0.1, 0.15) is 0 Å². The van der Waals surface area contributed by atoms with Crippen LogP contribution in [0, 0.1) is 13.8 Å². The molecule has 0 unspecified atom stereocenters. The highest BCUT2D eigenvalue weighted by Crippen LogP contribution is 2.16. The molecule has 0 aromatic carbocycles. The van der Waals surface area contributed by atoms with Crippen LogP contribution >= 0.6 is 0 Å². The van der Waals surface area contributed by atoms with Crippen molar-refractivity contribution in [2.24, 2.45) is 9.98 Å². The number of aryl methyl sites for hydroxylation is 2. The first-order chi connectivity index (χ1) is 13.2. The summed E-state index contributed by atoms with van der Waals surface area (Å²) in [7, 11) is 0. The van der Waals surface area contributed by atoms with Gasteiger partial charge in [0.25, 0.3) is 0 Å². The lowest BCUT2D eigenvalue weighted by molar-refractivity contribution is 1.15. The van der Waals surface area contributed by atoms with Crippen molar-refractivity contribution in [3.05, 3.63) is 70.4 Å². The third-order valence-electron chi connectivity index (χ3n) is 4.27. The van der Waals surface area contributed by atoms with Gasteiger partial charge in [0.15, 0.2) is 0 Å². The van der Waals surface area contributed by atoms with Gasteiger partial charge in [0.2, 0.25) is 0 Å². The van der Waals surface area contributed by atoms with Gasteiger partial charge in [-0.05, 0) is 85.1 Å². The molecule has 1 aliphatic carbocycles. The number of aromatic nitrogens is 1. The molecule has 3 aliphatic rings. The summed E-state index contributed by atoms with van der Waals surface area (Å²) in [5.74, 6) is 0. The summed E-state index contributed by atoms with van der Waals surface area (Å²) in [5.41, 5.74) is 10.6. The SMILES string of the molecule is CC1=CC=C(C)C1.CC1=CN=C(C)C1.CC1=CN=C(C)C1.Cc1ccc(C)[nH]1. The molecule has 0 radical (unpaired) electrons. The molecule has 3 heterocycles. The lowest BCUT2D eigenvalue weighted by atomic mass is 10.2. The van der Waals surface area contributed by atoms with Crippen LogP contribution in [0.3, 0.4) is 0 Å². The van der Waals surface area contributed by atoms with Gasteiger partial charge in [-0.3, -0.25) is 9.98 Å². The van der Waals surface area contributed by atoms with E-state index >= 15 is 0 Å². The van der Waals surface area contributed by atoms with Gasteiger partial charge in [-0.15, -0.1) is 0 Å². The first-order valence-corrected chi connectivity index (χ1v) is 9.98. The van der Waals surface area contributed by atoms with E-state index in [0.717, 1.165) is 12.8 Å². The number of rotatable bonds is 0. The van der Waals surface area contributed by atoms with Crippen molar-refractivity contribution >= 4 is 11.4 Å². The van der Waals surface area contributed by atoms with Crippen molar-refractivity contribution in [1.29, 1.82) is 0 Å². The Bertz CT molecular complexity index is 678. The Hall–Kier alpha value is -2.42. The van der Waals surface area contributed by atoms with Crippen molar-refractivity contribution < 1.29 is 0 Å². The highest BCUT2D eigenvalue weighted by Gasteiger charge is 1.98. The predicted molar refractivity (Wildman–Crippen MR) is 125 cm³/mol. The predicted octanol–water partition coefficient (Wildman–Crippen LogP) is 7.42. The Morgan fingerprint density at radius 2 is 0.964 bits per heavy atom. The average Bonchev–Trinajstić information content (AvgIpc) is 3.37. The normalized spacial score (nSPS) is 16.7. The number of H-pyrrole nitrogens is 1. The Morgan fingerprint density at radius 3 is 1.07 bits per heavy atom. The fourth-order valence-corrected chi connectivity index (χ4v) is 2.92. The van der Waals surface area contributed by atoms with Crippen LogP contribution < -0.4 is 0 Å². The van der Waals surface area contributed by atoms with E-state index < -0.39 is 0 Å². The van der Waals surface area contributed by atoms with E-state index in [1.807, 2.05) is 40.1 Å². The van der Waals surface area contributed by atoms with Gasteiger partial charge in [0.05, 0.1) is 0 Å². The second-order valence-electron chi connectivity index (χ2n) is 8.06. The molecular formula is C25H37N3. The maximum atomic E-state index is 4.07. The van der Waals surface area contributed by atoms with Gasteiger partial charge in [-0.25, -0.2) is 0 Å². The molecule has 0 saturated heterocycles. The van der Waals surface area contributed by atoms with Crippen LogP contribution in [0.15, 0.2) is 69.0 Å². The molecule has 2 aliphatic heterocycles. The molecule has 1 N–H and O–H groups in total. The highest BCUT2D eigenvalue weighted by atomic mass is 14.7. The van der Waals surface area contributed by atoms with Crippen molar-refractivity contribution in [1.82, 2.24) is 4.98 Å². The van der Waals surface area contributed by atoms with Gasteiger partial charge in [-0.1, -0.05) is 23.3 Å². The molecular weight excluding hydrogens is 342 g/mol. The van der Waals surface area contributed by atoms with E-state index in [9.17, 15) is 0 Å². The van der Waals surface area contributed by atoms with E-state index in [4.69, 9.17) is 0 Å². The monoisotopic (exact) mass is 379 g/mol. The highest BCUT2D eigenvalue weighted by molar-refractivity contribution is 5.87. The van der Waals surface area contributed by atoms with Crippen molar-refractivity contribution in [3.63, 3.8) is 0 Å². The number of aromatic amines is 1. The smallest absolute Gasteiger partial charge is 0.0260 e. The van der Waals surface area contributed by atoms with E-state index in [1.54, 1.807) is 0 Å². The minimum Gasteiger partial charge on any atom is -0.363 e. The molecule has 1 aromatic heterocycles. The minimum absolute atomic E-state index is 1.08. The summed E-state index contributed by atoms with van der Waals surface area (Å²) in [6.07, 6.45) is 11.6. The summed E-state index contributed by atoms with van der Waals surface area (Å²) >= 11 is 0. The largest absolute Gasteiger partial charge is 0.363 e. The fourth-order valence-electron chi connectivity index (χ4n) is 2.92. The van der Waals surface area contributed by atoms with Crippen LogP contribution in [0.4, 0.5) is 0 Å².